The van der Waals surface area contributed by atoms with Crippen molar-refractivity contribution in [3.05, 3.63) is 54.3 Å². The Kier molecular flexibility index (Phi) is 3.97. The summed E-state index contributed by atoms with van der Waals surface area (Å²) in [5.41, 5.74) is 1.97. The highest BCUT2D eigenvalue weighted by atomic mass is 19.1. The van der Waals surface area contributed by atoms with Crippen LogP contribution in [0.3, 0.4) is 0 Å². The Hall–Kier alpha value is -2.89. The van der Waals surface area contributed by atoms with E-state index in [0.29, 0.717) is 11.4 Å². The van der Waals surface area contributed by atoms with Crippen molar-refractivity contribution in [2.45, 2.75) is 13.0 Å². The first-order valence-corrected chi connectivity index (χ1v) is 7.27. The summed E-state index contributed by atoms with van der Waals surface area (Å²) < 4.78 is 12.9. The van der Waals surface area contributed by atoms with Gasteiger partial charge in [0.15, 0.2) is 0 Å². The quantitative estimate of drug-likeness (QED) is 0.915. The van der Waals surface area contributed by atoms with E-state index in [-0.39, 0.29) is 24.2 Å². The van der Waals surface area contributed by atoms with Gasteiger partial charge in [0.05, 0.1) is 17.9 Å². The van der Waals surface area contributed by atoms with Gasteiger partial charge in [-0.25, -0.2) is 4.39 Å². The van der Waals surface area contributed by atoms with Gasteiger partial charge in [0.25, 0.3) is 0 Å². The zero-order valence-electron chi connectivity index (χ0n) is 12.5. The topological polar surface area (TPSA) is 61.4 Å². The molecular weight excluding hydrogens is 297 g/mol. The summed E-state index contributed by atoms with van der Waals surface area (Å²) in [7, 11) is 0. The second-order valence-electron chi connectivity index (χ2n) is 5.31. The molecule has 2 aromatic rings. The molecule has 2 amide bonds. The first-order chi connectivity index (χ1) is 11.1. The Balaban J connectivity index is 1.81. The lowest BCUT2D eigenvalue weighted by Gasteiger charge is -2.34. The number of nitrogens with zero attached hydrogens (tertiary/aromatic N) is 1. The van der Waals surface area contributed by atoms with Crippen LogP contribution >= 0.6 is 0 Å². The van der Waals surface area contributed by atoms with Crippen molar-refractivity contribution in [1.82, 2.24) is 0 Å². The van der Waals surface area contributed by atoms with Gasteiger partial charge in [-0.3, -0.25) is 14.5 Å². The van der Waals surface area contributed by atoms with E-state index in [0.717, 1.165) is 5.69 Å². The van der Waals surface area contributed by atoms with Crippen molar-refractivity contribution in [1.29, 1.82) is 0 Å². The fourth-order valence-corrected chi connectivity index (χ4v) is 2.55. The Morgan fingerprint density at radius 1 is 1.22 bits per heavy atom. The van der Waals surface area contributed by atoms with Crippen LogP contribution in [-0.2, 0) is 9.59 Å². The number of rotatable bonds is 3. The van der Waals surface area contributed by atoms with Gasteiger partial charge in [0.1, 0.15) is 11.9 Å². The predicted octanol–water partition coefficient (Wildman–Crippen LogP) is 2.61. The SMILES string of the molecule is CC(C(=O)Nc1ccc(F)cc1)N1C(=O)CNc2ccccc21. The first kappa shape index (κ1) is 15.0. The maximum atomic E-state index is 12.9. The minimum Gasteiger partial charge on any atom is -0.374 e. The molecule has 0 spiro atoms. The lowest BCUT2D eigenvalue weighted by molar-refractivity contribution is -0.122. The van der Waals surface area contributed by atoms with Gasteiger partial charge < -0.3 is 10.6 Å². The Bertz CT molecular complexity index is 746. The van der Waals surface area contributed by atoms with E-state index in [2.05, 4.69) is 10.6 Å². The normalized spacial score (nSPS) is 14.7. The van der Waals surface area contributed by atoms with Gasteiger partial charge in [-0.1, -0.05) is 12.1 Å². The second kappa shape index (κ2) is 6.08. The average molecular weight is 313 g/mol. The number of hydrogen-bond donors (Lipinski definition) is 2. The van der Waals surface area contributed by atoms with Crippen molar-refractivity contribution in [2.75, 3.05) is 22.1 Å². The molecule has 5 nitrogen and oxygen atoms in total. The van der Waals surface area contributed by atoms with Gasteiger partial charge >= 0.3 is 0 Å². The lowest BCUT2D eigenvalue weighted by atomic mass is 10.1. The van der Waals surface area contributed by atoms with Gasteiger partial charge in [0, 0.05) is 5.69 Å². The molecule has 0 aromatic heterocycles. The summed E-state index contributed by atoms with van der Waals surface area (Å²) in [5, 5.41) is 5.73. The summed E-state index contributed by atoms with van der Waals surface area (Å²) in [5.74, 6) is -0.880. The third-order valence-electron chi connectivity index (χ3n) is 3.74. The molecule has 3 rings (SSSR count). The zero-order valence-corrected chi connectivity index (χ0v) is 12.5. The van der Waals surface area contributed by atoms with Gasteiger partial charge in [0.2, 0.25) is 11.8 Å². The van der Waals surface area contributed by atoms with E-state index in [9.17, 15) is 14.0 Å². The molecule has 0 fully saturated rings. The number of amides is 2. The van der Waals surface area contributed by atoms with E-state index in [1.54, 1.807) is 13.0 Å². The van der Waals surface area contributed by atoms with Gasteiger partial charge in [-0.15, -0.1) is 0 Å². The minimum absolute atomic E-state index is 0.144. The molecule has 0 aliphatic carbocycles. The summed E-state index contributed by atoms with van der Waals surface area (Å²) in [6.07, 6.45) is 0. The lowest BCUT2D eigenvalue weighted by Crippen LogP contribution is -2.50. The maximum absolute atomic E-state index is 12.9. The fraction of sp³-hybridized carbons (Fsp3) is 0.176. The molecule has 6 heteroatoms. The zero-order chi connectivity index (χ0) is 16.4. The monoisotopic (exact) mass is 313 g/mol. The molecular formula is C17H16FN3O2. The van der Waals surface area contributed by atoms with Crippen LogP contribution < -0.4 is 15.5 Å². The highest BCUT2D eigenvalue weighted by molar-refractivity contribution is 6.09. The number of carbonyl (C=O) groups excluding carboxylic acids is 2. The Morgan fingerprint density at radius 2 is 1.91 bits per heavy atom. The number of hydrogen-bond acceptors (Lipinski definition) is 3. The summed E-state index contributed by atoms with van der Waals surface area (Å²) in [6, 6.07) is 12.1. The molecule has 1 aliphatic rings. The molecule has 1 atom stereocenters. The van der Waals surface area contributed by atoms with Crippen molar-refractivity contribution < 1.29 is 14.0 Å². The first-order valence-electron chi connectivity index (χ1n) is 7.27. The van der Waals surface area contributed by atoms with E-state index in [1.807, 2.05) is 18.2 Å². The highest BCUT2D eigenvalue weighted by Crippen LogP contribution is 2.30. The van der Waals surface area contributed by atoms with E-state index >= 15 is 0 Å². The standard InChI is InChI=1S/C17H16FN3O2/c1-11(17(23)20-13-8-6-12(18)7-9-13)21-15-5-3-2-4-14(15)19-10-16(21)22/h2-9,11,19H,10H2,1H3,(H,20,23). The van der Waals surface area contributed by atoms with Gasteiger partial charge in [-0.05, 0) is 43.3 Å². The Labute approximate surface area is 133 Å². The second-order valence-corrected chi connectivity index (χ2v) is 5.31. The molecule has 0 radical (unpaired) electrons. The number of anilines is 3. The Morgan fingerprint density at radius 3 is 2.65 bits per heavy atom. The smallest absolute Gasteiger partial charge is 0.247 e. The molecule has 0 bridgehead atoms. The molecule has 118 valence electrons. The maximum Gasteiger partial charge on any atom is 0.247 e. The minimum atomic E-state index is -0.684. The fourth-order valence-electron chi connectivity index (χ4n) is 2.55. The molecule has 2 N–H and O–H groups in total. The van der Waals surface area contributed by atoms with Crippen LogP contribution in [0, 0.1) is 5.82 Å². The number of fused-ring (bicyclic) bond motifs is 1. The molecule has 0 saturated heterocycles. The summed E-state index contributed by atoms with van der Waals surface area (Å²) in [4.78, 5) is 26.1. The van der Waals surface area contributed by atoms with E-state index in [4.69, 9.17) is 0 Å². The van der Waals surface area contributed by atoms with Crippen LogP contribution in [0.5, 0.6) is 0 Å². The van der Waals surface area contributed by atoms with E-state index in [1.165, 1.54) is 29.2 Å². The molecule has 1 heterocycles. The van der Waals surface area contributed by atoms with Crippen LogP contribution in [0.4, 0.5) is 21.5 Å². The van der Waals surface area contributed by atoms with Crippen LogP contribution in [0.15, 0.2) is 48.5 Å². The van der Waals surface area contributed by atoms with Crippen molar-refractivity contribution in [3.63, 3.8) is 0 Å². The molecule has 1 unspecified atom stereocenters. The van der Waals surface area contributed by atoms with Crippen LogP contribution in [0.1, 0.15) is 6.92 Å². The van der Waals surface area contributed by atoms with Crippen molar-refractivity contribution >= 4 is 28.9 Å². The number of benzene rings is 2. The van der Waals surface area contributed by atoms with Crippen LogP contribution in [-0.4, -0.2) is 24.4 Å². The third kappa shape index (κ3) is 3.01. The van der Waals surface area contributed by atoms with Gasteiger partial charge in [-0.2, -0.15) is 0 Å². The number of para-hydroxylation sites is 2. The molecule has 23 heavy (non-hydrogen) atoms. The molecule has 2 aromatic carbocycles. The third-order valence-corrected chi connectivity index (χ3v) is 3.74. The molecule has 0 saturated carbocycles. The number of nitrogens with one attached hydrogen (secondary N) is 2. The van der Waals surface area contributed by atoms with E-state index < -0.39 is 6.04 Å². The highest BCUT2D eigenvalue weighted by Gasteiger charge is 2.31. The average Bonchev–Trinajstić information content (AvgIpc) is 2.56. The summed E-state index contributed by atoms with van der Waals surface area (Å²) >= 11 is 0. The molecule has 1 aliphatic heterocycles. The number of halogens is 1. The predicted molar refractivity (Wildman–Crippen MR) is 86.9 cm³/mol. The number of carbonyl (C=O) groups is 2. The van der Waals surface area contributed by atoms with Crippen LogP contribution in [0.25, 0.3) is 0 Å². The van der Waals surface area contributed by atoms with Crippen molar-refractivity contribution in [2.24, 2.45) is 0 Å². The largest absolute Gasteiger partial charge is 0.374 e. The summed E-state index contributed by atoms with van der Waals surface area (Å²) in [6.45, 7) is 1.81. The van der Waals surface area contributed by atoms with Crippen molar-refractivity contribution in [3.8, 4) is 0 Å². The van der Waals surface area contributed by atoms with Crippen LogP contribution in [0.2, 0.25) is 0 Å².